The van der Waals surface area contributed by atoms with Crippen LogP contribution in [0, 0.1) is 12.8 Å². The van der Waals surface area contributed by atoms with E-state index in [2.05, 4.69) is 20.8 Å². The SMILES string of the molecule is COc1ccc2c(c1)OC[C@@H](CNC(=O)CCn1nnnc1C)C2. The number of hydrogen-bond donors (Lipinski definition) is 1. The van der Waals surface area contributed by atoms with Gasteiger partial charge in [0.15, 0.2) is 0 Å². The van der Waals surface area contributed by atoms with Gasteiger partial charge in [0.2, 0.25) is 5.91 Å². The van der Waals surface area contributed by atoms with E-state index >= 15 is 0 Å². The lowest BCUT2D eigenvalue weighted by molar-refractivity contribution is -0.121. The number of carbonyl (C=O) groups excluding carboxylic acids is 1. The highest BCUT2D eigenvalue weighted by molar-refractivity contribution is 5.75. The van der Waals surface area contributed by atoms with Crippen molar-refractivity contribution in [3.8, 4) is 11.5 Å². The van der Waals surface area contributed by atoms with Crippen molar-refractivity contribution in [2.24, 2.45) is 5.92 Å². The first-order chi connectivity index (χ1) is 11.7. The number of carbonyl (C=O) groups is 1. The third kappa shape index (κ3) is 3.81. The summed E-state index contributed by atoms with van der Waals surface area (Å²) in [7, 11) is 1.64. The van der Waals surface area contributed by atoms with Crippen LogP contribution in [0.3, 0.4) is 0 Å². The number of aryl methyl sites for hydroxylation is 2. The summed E-state index contributed by atoms with van der Waals surface area (Å²) in [6.07, 6.45) is 1.24. The van der Waals surface area contributed by atoms with Gasteiger partial charge in [-0.3, -0.25) is 4.79 Å². The van der Waals surface area contributed by atoms with E-state index < -0.39 is 0 Å². The number of aromatic nitrogens is 4. The highest BCUT2D eigenvalue weighted by Crippen LogP contribution is 2.30. The normalized spacial score (nSPS) is 16.2. The lowest BCUT2D eigenvalue weighted by Crippen LogP contribution is -2.35. The summed E-state index contributed by atoms with van der Waals surface area (Å²) in [5.74, 6) is 2.62. The van der Waals surface area contributed by atoms with Gasteiger partial charge in [0.25, 0.3) is 0 Å². The third-order valence-electron chi connectivity index (χ3n) is 4.11. The smallest absolute Gasteiger partial charge is 0.221 e. The van der Waals surface area contributed by atoms with E-state index in [0.29, 0.717) is 31.9 Å². The molecule has 3 rings (SSSR count). The molecule has 1 atom stereocenters. The second kappa shape index (κ2) is 7.29. The van der Waals surface area contributed by atoms with Gasteiger partial charge in [-0.15, -0.1) is 5.10 Å². The first-order valence-corrected chi connectivity index (χ1v) is 7.95. The van der Waals surface area contributed by atoms with Crippen LogP contribution in [0.15, 0.2) is 18.2 Å². The van der Waals surface area contributed by atoms with Crippen molar-refractivity contribution < 1.29 is 14.3 Å². The molecule has 0 radical (unpaired) electrons. The molecule has 2 aromatic rings. The van der Waals surface area contributed by atoms with E-state index in [4.69, 9.17) is 9.47 Å². The predicted molar refractivity (Wildman–Crippen MR) is 85.9 cm³/mol. The van der Waals surface area contributed by atoms with Crippen molar-refractivity contribution >= 4 is 5.91 Å². The fraction of sp³-hybridized carbons (Fsp3) is 0.500. The van der Waals surface area contributed by atoms with Gasteiger partial charge in [-0.25, -0.2) is 4.68 Å². The first kappa shape index (κ1) is 16.2. The lowest BCUT2D eigenvalue weighted by Gasteiger charge is -2.25. The molecule has 0 fully saturated rings. The predicted octanol–water partition coefficient (Wildman–Crippen LogP) is 0.748. The van der Waals surface area contributed by atoms with Crippen molar-refractivity contribution in [2.75, 3.05) is 20.3 Å². The van der Waals surface area contributed by atoms with Gasteiger partial charge < -0.3 is 14.8 Å². The second-order valence-corrected chi connectivity index (χ2v) is 5.86. The zero-order valence-electron chi connectivity index (χ0n) is 13.9. The Labute approximate surface area is 140 Å². The maximum absolute atomic E-state index is 12.0. The summed E-state index contributed by atoms with van der Waals surface area (Å²) in [6, 6.07) is 5.85. The highest BCUT2D eigenvalue weighted by Gasteiger charge is 2.21. The van der Waals surface area contributed by atoms with Crippen molar-refractivity contribution in [3.05, 3.63) is 29.6 Å². The molecule has 1 aliphatic rings. The van der Waals surface area contributed by atoms with Crippen LogP contribution in [0.4, 0.5) is 0 Å². The third-order valence-corrected chi connectivity index (χ3v) is 4.11. The largest absolute Gasteiger partial charge is 0.497 e. The molecule has 0 spiro atoms. The Hall–Kier alpha value is -2.64. The molecule has 0 saturated carbocycles. The number of fused-ring (bicyclic) bond motifs is 1. The molecule has 128 valence electrons. The summed E-state index contributed by atoms with van der Waals surface area (Å²) >= 11 is 0. The molecule has 0 unspecified atom stereocenters. The molecule has 1 aromatic carbocycles. The fourth-order valence-corrected chi connectivity index (χ4v) is 2.68. The lowest BCUT2D eigenvalue weighted by atomic mass is 9.96. The molecule has 2 heterocycles. The molecule has 8 nitrogen and oxygen atoms in total. The zero-order chi connectivity index (χ0) is 16.9. The Bertz CT molecular complexity index is 715. The van der Waals surface area contributed by atoms with Crippen LogP contribution in [-0.4, -0.2) is 46.4 Å². The van der Waals surface area contributed by atoms with E-state index in [1.165, 1.54) is 0 Å². The number of rotatable bonds is 6. The van der Waals surface area contributed by atoms with Crippen LogP contribution in [0.1, 0.15) is 17.8 Å². The Kier molecular flexibility index (Phi) is 4.93. The van der Waals surface area contributed by atoms with Crippen LogP contribution < -0.4 is 14.8 Å². The van der Waals surface area contributed by atoms with Crippen LogP contribution in [0.5, 0.6) is 11.5 Å². The van der Waals surface area contributed by atoms with Crippen LogP contribution in [-0.2, 0) is 17.8 Å². The van der Waals surface area contributed by atoms with Gasteiger partial charge in [0.05, 0.1) is 20.3 Å². The molecule has 1 amide bonds. The van der Waals surface area contributed by atoms with Crippen molar-refractivity contribution in [1.82, 2.24) is 25.5 Å². The molecular weight excluding hydrogens is 310 g/mol. The molecule has 0 bridgehead atoms. The number of nitrogens with zero attached hydrogens (tertiary/aromatic N) is 4. The molecule has 1 aromatic heterocycles. The average Bonchev–Trinajstić information content (AvgIpc) is 3.02. The molecule has 0 saturated heterocycles. The molecule has 1 aliphatic heterocycles. The van der Waals surface area contributed by atoms with Gasteiger partial charge in [-0.2, -0.15) is 0 Å². The summed E-state index contributed by atoms with van der Waals surface area (Å²) in [6.45, 7) is 3.48. The van der Waals surface area contributed by atoms with E-state index in [0.717, 1.165) is 23.5 Å². The number of methoxy groups -OCH3 is 1. The Morgan fingerprint density at radius 3 is 3.12 bits per heavy atom. The van der Waals surface area contributed by atoms with Gasteiger partial charge in [-0.1, -0.05) is 6.07 Å². The Balaban J connectivity index is 1.45. The van der Waals surface area contributed by atoms with Crippen LogP contribution >= 0.6 is 0 Å². The maximum Gasteiger partial charge on any atom is 0.221 e. The molecule has 0 aliphatic carbocycles. The van der Waals surface area contributed by atoms with Gasteiger partial charge in [0, 0.05) is 24.9 Å². The first-order valence-electron chi connectivity index (χ1n) is 7.95. The molecular formula is C16H21N5O3. The zero-order valence-corrected chi connectivity index (χ0v) is 13.9. The minimum absolute atomic E-state index is 0.00886. The number of nitrogens with one attached hydrogen (secondary N) is 1. The van der Waals surface area contributed by atoms with E-state index in [9.17, 15) is 4.79 Å². The average molecular weight is 331 g/mol. The van der Waals surface area contributed by atoms with Crippen molar-refractivity contribution in [3.63, 3.8) is 0 Å². The fourth-order valence-electron chi connectivity index (χ4n) is 2.68. The standard InChI is InChI=1S/C16H21N5O3/c1-11-18-19-20-21(11)6-5-16(22)17-9-12-7-13-3-4-14(23-2)8-15(13)24-10-12/h3-4,8,12H,5-7,9-10H2,1-2H3,(H,17,22)/t12-/m1/s1. The minimum Gasteiger partial charge on any atom is -0.497 e. The summed E-state index contributed by atoms with van der Waals surface area (Å²) in [5, 5.41) is 14.1. The number of hydrogen-bond acceptors (Lipinski definition) is 6. The van der Waals surface area contributed by atoms with Gasteiger partial charge >= 0.3 is 0 Å². The molecule has 24 heavy (non-hydrogen) atoms. The highest BCUT2D eigenvalue weighted by atomic mass is 16.5. The number of tetrazole rings is 1. The summed E-state index contributed by atoms with van der Waals surface area (Å²) in [5.41, 5.74) is 1.14. The summed E-state index contributed by atoms with van der Waals surface area (Å²) < 4.78 is 12.6. The van der Waals surface area contributed by atoms with Crippen LogP contribution in [0.25, 0.3) is 0 Å². The quantitative estimate of drug-likeness (QED) is 0.840. The van der Waals surface area contributed by atoms with Gasteiger partial charge in [-0.05, 0) is 35.4 Å². The van der Waals surface area contributed by atoms with Crippen molar-refractivity contribution in [1.29, 1.82) is 0 Å². The molecule has 8 heteroatoms. The van der Waals surface area contributed by atoms with E-state index in [-0.39, 0.29) is 11.8 Å². The maximum atomic E-state index is 12.0. The van der Waals surface area contributed by atoms with Gasteiger partial charge in [0.1, 0.15) is 17.3 Å². The molecule has 1 N–H and O–H groups in total. The minimum atomic E-state index is -0.00886. The van der Waals surface area contributed by atoms with E-state index in [1.54, 1.807) is 11.8 Å². The van der Waals surface area contributed by atoms with E-state index in [1.807, 2.05) is 25.1 Å². The monoisotopic (exact) mass is 331 g/mol. The number of ether oxygens (including phenoxy) is 2. The second-order valence-electron chi connectivity index (χ2n) is 5.86. The summed E-state index contributed by atoms with van der Waals surface area (Å²) in [4.78, 5) is 12.0. The number of amides is 1. The Morgan fingerprint density at radius 1 is 1.50 bits per heavy atom. The van der Waals surface area contributed by atoms with Crippen molar-refractivity contribution in [2.45, 2.75) is 26.3 Å². The topological polar surface area (TPSA) is 91.2 Å². The Morgan fingerprint density at radius 2 is 2.38 bits per heavy atom. The van der Waals surface area contributed by atoms with Crippen LogP contribution in [0.2, 0.25) is 0 Å². The number of benzene rings is 1.